The Morgan fingerprint density at radius 2 is 2.10 bits per heavy atom. The fourth-order valence-electron chi connectivity index (χ4n) is 1.82. The van der Waals surface area contributed by atoms with Gasteiger partial charge in [0.15, 0.2) is 0 Å². The van der Waals surface area contributed by atoms with Crippen molar-refractivity contribution in [3.63, 3.8) is 0 Å². The Morgan fingerprint density at radius 3 is 2.80 bits per heavy atom. The second kappa shape index (κ2) is 6.81. The summed E-state index contributed by atoms with van der Waals surface area (Å²) in [5, 5.41) is 3.07. The van der Waals surface area contributed by atoms with Crippen LogP contribution in [0.5, 0.6) is 5.75 Å². The fraction of sp³-hybridized carbons (Fsp3) is 0.267. The van der Waals surface area contributed by atoms with E-state index >= 15 is 0 Å². The van der Waals surface area contributed by atoms with Crippen molar-refractivity contribution >= 4 is 15.9 Å². The van der Waals surface area contributed by atoms with Crippen molar-refractivity contribution in [3.05, 3.63) is 57.6 Å². The molecule has 0 saturated carbocycles. The average Bonchev–Trinajstić information content (AvgIpc) is 2.40. The largest absolute Gasteiger partial charge is 0.487 e. The second-order valence-corrected chi connectivity index (χ2v) is 5.31. The van der Waals surface area contributed by atoms with Gasteiger partial charge in [-0.2, -0.15) is 0 Å². The first-order valence-corrected chi connectivity index (χ1v) is 7.07. The number of hydrogen-bond acceptors (Lipinski definition) is 3. The molecule has 0 amide bonds. The Hall–Kier alpha value is -1.46. The Morgan fingerprint density at radius 1 is 1.30 bits per heavy atom. The van der Waals surface area contributed by atoms with Gasteiger partial charge in [-0.3, -0.25) is 4.98 Å². The number of rotatable bonds is 5. The van der Waals surface area contributed by atoms with E-state index < -0.39 is 0 Å². The van der Waals surface area contributed by atoms with Gasteiger partial charge in [-0.1, -0.05) is 22.0 Å². The summed E-state index contributed by atoms with van der Waals surface area (Å²) in [5.41, 5.74) is 2.71. The lowest BCUT2D eigenvalue weighted by molar-refractivity contribution is 0.299. The van der Waals surface area contributed by atoms with Crippen LogP contribution in [0.15, 0.2) is 34.8 Å². The van der Waals surface area contributed by atoms with E-state index in [-0.39, 0.29) is 5.82 Å². The van der Waals surface area contributed by atoms with E-state index in [1.165, 1.54) is 12.1 Å². The van der Waals surface area contributed by atoms with Gasteiger partial charge in [0.05, 0.1) is 5.69 Å². The van der Waals surface area contributed by atoms with Crippen molar-refractivity contribution in [2.24, 2.45) is 0 Å². The average molecular weight is 339 g/mol. The third-order valence-electron chi connectivity index (χ3n) is 2.81. The summed E-state index contributed by atoms with van der Waals surface area (Å²) < 4.78 is 19.5. The van der Waals surface area contributed by atoms with Gasteiger partial charge in [-0.15, -0.1) is 0 Å². The molecule has 3 nitrogen and oxygen atoms in total. The first kappa shape index (κ1) is 14.9. The summed E-state index contributed by atoms with van der Waals surface area (Å²) in [5.74, 6) is 0.467. The lowest BCUT2D eigenvalue weighted by atomic mass is 10.2. The minimum Gasteiger partial charge on any atom is -0.487 e. The lowest BCUT2D eigenvalue weighted by Gasteiger charge is -2.12. The summed E-state index contributed by atoms with van der Waals surface area (Å²) in [7, 11) is 1.87. The number of aryl methyl sites for hydroxylation is 1. The van der Waals surface area contributed by atoms with Crippen molar-refractivity contribution in [3.8, 4) is 5.75 Å². The third kappa shape index (κ3) is 3.77. The molecule has 5 heteroatoms. The molecule has 0 radical (unpaired) electrons. The van der Waals surface area contributed by atoms with Crippen molar-refractivity contribution in [1.29, 1.82) is 0 Å². The molecule has 0 aliphatic rings. The number of benzene rings is 1. The van der Waals surface area contributed by atoms with E-state index in [1.807, 2.05) is 26.1 Å². The highest BCUT2D eigenvalue weighted by atomic mass is 79.9. The SMILES string of the molecule is CNCc1nc(C)ccc1OCc1ccc(F)cc1Br. The van der Waals surface area contributed by atoms with Crippen molar-refractivity contribution < 1.29 is 9.13 Å². The fourth-order valence-corrected chi connectivity index (χ4v) is 2.28. The maximum atomic E-state index is 13.0. The van der Waals surface area contributed by atoms with Crippen LogP contribution in [0, 0.1) is 12.7 Å². The second-order valence-electron chi connectivity index (χ2n) is 4.45. The Labute approximate surface area is 126 Å². The molecule has 0 atom stereocenters. The summed E-state index contributed by atoms with van der Waals surface area (Å²) in [4.78, 5) is 4.45. The van der Waals surface area contributed by atoms with Crippen molar-refractivity contribution in [2.45, 2.75) is 20.1 Å². The summed E-state index contributed by atoms with van der Waals surface area (Å²) in [6.07, 6.45) is 0. The quantitative estimate of drug-likeness (QED) is 0.904. The van der Waals surface area contributed by atoms with Crippen LogP contribution in [0.3, 0.4) is 0 Å². The molecule has 0 unspecified atom stereocenters. The maximum absolute atomic E-state index is 13.0. The standard InChI is InChI=1S/C15H16BrFN2O/c1-10-3-6-15(14(19-10)8-18-2)20-9-11-4-5-12(17)7-13(11)16/h3-7,18H,8-9H2,1-2H3. The molecule has 0 aliphatic heterocycles. The van der Waals surface area contributed by atoms with Gasteiger partial charge < -0.3 is 10.1 Å². The lowest BCUT2D eigenvalue weighted by Crippen LogP contribution is -2.10. The van der Waals surface area contributed by atoms with Crippen LogP contribution in [0.4, 0.5) is 4.39 Å². The van der Waals surface area contributed by atoms with E-state index in [0.717, 1.165) is 22.7 Å². The highest BCUT2D eigenvalue weighted by molar-refractivity contribution is 9.10. The van der Waals surface area contributed by atoms with E-state index in [9.17, 15) is 4.39 Å². The zero-order valence-electron chi connectivity index (χ0n) is 11.4. The van der Waals surface area contributed by atoms with E-state index in [4.69, 9.17) is 4.74 Å². The van der Waals surface area contributed by atoms with Crippen LogP contribution < -0.4 is 10.1 Å². The van der Waals surface area contributed by atoms with Crippen LogP contribution >= 0.6 is 15.9 Å². The molecule has 0 saturated heterocycles. The first-order chi connectivity index (χ1) is 9.60. The first-order valence-electron chi connectivity index (χ1n) is 6.28. The molecule has 1 heterocycles. The van der Waals surface area contributed by atoms with E-state index in [1.54, 1.807) is 6.07 Å². The number of nitrogens with one attached hydrogen (secondary N) is 1. The number of nitrogens with zero attached hydrogens (tertiary/aromatic N) is 1. The van der Waals surface area contributed by atoms with Crippen LogP contribution in [0.1, 0.15) is 17.0 Å². The Balaban J connectivity index is 2.14. The zero-order chi connectivity index (χ0) is 14.5. The van der Waals surface area contributed by atoms with Gasteiger partial charge in [0, 0.05) is 22.3 Å². The zero-order valence-corrected chi connectivity index (χ0v) is 13.0. The molecule has 2 aromatic rings. The highest BCUT2D eigenvalue weighted by Gasteiger charge is 2.07. The topological polar surface area (TPSA) is 34.2 Å². The van der Waals surface area contributed by atoms with Crippen LogP contribution in [0.2, 0.25) is 0 Å². The molecule has 0 fully saturated rings. The van der Waals surface area contributed by atoms with Gasteiger partial charge in [0.1, 0.15) is 18.2 Å². The number of hydrogen-bond donors (Lipinski definition) is 1. The molecule has 1 aromatic carbocycles. The highest BCUT2D eigenvalue weighted by Crippen LogP contribution is 2.22. The number of pyridine rings is 1. The van der Waals surface area contributed by atoms with Crippen LogP contribution in [-0.2, 0) is 13.2 Å². The van der Waals surface area contributed by atoms with Gasteiger partial charge in [0.2, 0.25) is 0 Å². The number of ether oxygens (including phenoxy) is 1. The monoisotopic (exact) mass is 338 g/mol. The van der Waals surface area contributed by atoms with Crippen molar-refractivity contribution in [1.82, 2.24) is 10.3 Å². The van der Waals surface area contributed by atoms with Gasteiger partial charge >= 0.3 is 0 Å². The molecule has 2 rings (SSSR count). The van der Waals surface area contributed by atoms with Gasteiger partial charge in [-0.25, -0.2) is 4.39 Å². The molecule has 1 N–H and O–H groups in total. The normalized spacial score (nSPS) is 10.6. The van der Waals surface area contributed by atoms with Crippen LogP contribution in [0.25, 0.3) is 0 Å². The minimum absolute atomic E-state index is 0.270. The van der Waals surface area contributed by atoms with Crippen molar-refractivity contribution in [2.75, 3.05) is 7.05 Å². The maximum Gasteiger partial charge on any atom is 0.142 e. The smallest absolute Gasteiger partial charge is 0.142 e. The van der Waals surface area contributed by atoms with E-state index in [2.05, 4.69) is 26.2 Å². The Kier molecular flexibility index (Phi) is 5.09. The summed E-state index contributed by atoms with van der Waals surface area (Å²) in [6, 6.07) is 8.38. The minimum atomic E-state index is -0.270. The molecule has 0 spiro atoms. The molecular weight excluding hydrogens is 323 g/mol. The molecule has 20 heavy (non-hydrogen) atoms. The van der Waals surface area contributed by atoms with Crippen LogP contribution in [-0.4, -0.2) is 12.0 Å². The molecule has 0 aliphatic carbocycles. The predicted molar refractivity (Wildman–Crippen MR) is 80.2 cm³/mol. The van der Waals surface area contributed by atoms with Gasteiger partial charge in [-0.05, 0) is 38.2 Å². The molecular formula is C15H16BrFN2O. The molecule has 106 valence electrons. The van der Waals surface area contributed by atoms with E-state index in [0.29, 0.717) is 17.6 Å². The summed E-state index contributed by atoms with van der Waals surface area (Å²) >= 11 is 3.33. The molecule has 0 bridgehead atoms. The number of aromatic nitrogens is 1. The summed E-state index contributed by atoms with van der Waals surface area (Å²) in [6.45, 7) is 2.95. The third-order valence-corrected chi connectivity index (χ3v) is 3.55. The predicted octanol–water partition coefficient (Wildman–Crippen LogP) is 3.59. The number of halogens is 2. The molecule has 1 aromatic heterocycles. The van der Waals surface area contributed by atoms with Gasteiger partial charge in [0.25, 0.3) is 0 Å². The Bertz CT molecular complexity index is 604.